The van der Waals surface area contributed by atoms with Crippen molar-refractivity contribution in [1.82, 2.24) is 4.90 Å². The fourth-order valence-corrected chi connectivity index (χ4v) is 5.62. The van der Waals surface area contributed by atoms with Gasteiger partial charge in [-0.1, -0.05) is 12.6 Å². The van der Waals surface area contributed by atoms with E-state index in [2.05, 4.69) is 6.58 Å². The number of phenols is 1. The van der Waals surface area contributed by atoms with E-state index in [0.717, 1.165) is 0 Å². The summed E-state index contributed by atoms with van der Waals surface area (Å²) in [5.41, 5.74) is 7.66. The molecule has 2 fully saturated rings. The monoisotopic (exact) mass is 457 g/mol. The van der Waals surface area contributed by atoms with Gasteiger partial charge in [-0.2, -0.15) is 0 Å². The van der Waals surface area contributed by atoms with E-state index in [1.165, 1.54) is 31.1 Å². The van der Waals surface area contributed by atoms with Crippen LogP contribution in [0.25, 0.3) is 5.57 Å². The predicted molar refractivity (Wildman–Crippen MR) is 112 cm³/mol. The summed E-state index contributed by atoms with van der Waals surface area (Å²) < 4.78 is 0. The van der Waals surface area contributed by atoms with E-state index in [4.69, 9.17) is 11.5 Å². The predicted octanol–water partition coefficient (Wildman–Crippen LogP) is -2.11. The summed E-state index contributed by atoms with van der Waals surface area (Å²) >= 11 is 0. The highest BCUT2D eigenvalue weighted by molar-refractivity contribution is 6.33. The minimum atomic E-state index is -3.05. The number of aliphatic hydroxyl groups excluding tert-OH is 1. The maximum atomic E-state index is 13.6. The zero-order valence-electron chi connectivity index (χ0n) is 17.8. The summed E-state index contributed by atoms with van der Waals surface area (Å²) in [5, 5.41) is 33.2. The number of Topliss-reactive ketones (excluding diaryl/α,β-unsaturated/α-hetero) is 4. The number of nitrogen functional groups attached to an aromatic ring is 1. The first kappa shape index (κ1) is 22.8. The van der Waals surface area contributed by atoms with E-state index in [1.807, 2.05) is 0 Å². The molecule has 7 atom stereocenters. The molecule has 1 amide bonds. The van der Waals surface area contributed by atoms with Crippen molar-refractivity contribution < 1.29 is 39.3 Å². The average molecular weight is 457 g/mol. The van der Waals surface area contributed by atoms with Crippen molar-refractivity contribution in [3.63, 3.8) is 0 Å². The van der Waals surface area contributed by atoms with Gasteiger partial charge in [0.2, 0.25) is 5.91 Å². The lowest BCUT2D eigenvalue weighted by Crippen LogP contribution is -2.77. The van der Waals surface area contributed by atoms with Gasteiger partial charge in [0.1, 0.15) is 5.75 Å². The number of amides is 1. The van der Waals surface area contributed by atoms with Crippen LogP contribution in [-0.4, -0.2) is 81.1 Å². The van der Waals surface area contributed by atoms with Gasteiger partial charge in [-0.15, -0.1) is 0 Å². The number of carbonyl (C=O) groups is 5. The third-order valence-corrected chi connectivity index (χ3v) is 7.12. The lowest BCUT2D eigenvalue weighted by molar-refractivity contribution is -0.192. The molecule has 4 rings (SSSR count). The molecule has 7 N–H and O–H groups in total. The number of nitrogens with two attached hydrogens (primary N) is 2. The third-order valence-electron chi connectivity index (χ3n) is 7.12. The molecule has 2 unspecified atom stereocenters. The lowest BCUT2D eigenvalue weighted by Gasteiger charge is -2.55. The minimum Gasteiger partial charge on any atom is -0.505 e. The zero-order chi connectivity index (χ0) is 24.7. The van der Waals surface area contributed by atoms with Crippen molar-refractivity contribution in [2.24, 2.45) is 29.4 Å². The van der Waals surface area contributed by atoms with Gasteiger partial charge in [0.15, 0.2) is 34.7 Å². The van der Waals surface area contributed by atoms with Crippen molar-refractivity contribution in [2.45, 2.75) is 17.7 Å². The number of ketones is 4. The Morgan fingerprint density at radius 1 is 1.15 bits per heavy atom. The largest absolute Gasteiger partial charge is 0.505 e. The molecule has 0 radical (unpaired) electrons. The molecule has 0 aliphatic heterocycles. The number of hydrogen-bond donors (Lipinski definition) is 5. The molecule has 11 nitrogen and oxygen atoms in total. The van der Waals surface area contributed by atoms with Crippen LogP contribution in [0.3, 0.4) is 0 Å². The summed E-state index contributed by atoms with van der Waals surface area (Å²) in [7, 11) is 2.83. The Morgan fingerprint density at radius 3 is 2.30 bits per heavy atom. The molecule has 3 aliphatic rings. The number of likely N-dealkylation sites (N-methyl/N-ethyl adjacent to an activating group) is 1. The molecular formula is C22H23N3O8. The first-order valence-electron chi connectivity index (χ1n) is 10.1. The van der Waals surface area contributed by atoms with Gasteiger partial charge in [-0.05, 0) is 31.3 Å². The summed E-state index contributed by atoms with van der Waals surface area (Å²) in [5.74, 6) is -13.6. The molecule has 0 aromatic heterocycles. The average Bonchev–Trinajstić information content (AvgIpc) is 2.72. The second-order valence-corrected chi connectivity index (χ2v) is 8.98. The van der Waals surface area contributed by atoms with Gasteiger partial charge in [-0.3, -0.25) is 28.9 Å². The van der Waals surface area contributed by atoms with Crippen LogP contribution in [-0.2, 0) is 19.2 Å². The normalized spacial score (nSPS) is 35.8. The van der Waals surface area contributed by atoms with Crippen LogP contribution in [0.5, 0.6) is 5.75 Å². The molecule has 1 aromatic rings. The molecule has 174 valence electrons. The van der Waals surface area contributed by atoms with Gasteiger partial charge in [0, 0.05) is 5.92 Å². The first-order valence-corrected chi connectivity index (χ1v) is 10.1. The van der Waals surface area contributed by atoms with E-state index >= 15 is 0 Å². The second-order valence-electron chi connectivity index (χ2n) is 8.98. The van der Waals surface area contributed by atoms with E-state index < -0.39 is 76.2 Å². The van der Waals surface area contributed by atoms with Crippen molar-refractivity contribution in [2.75, 3.05) is 19.8 Å². The minimum absolute atomic E-state index is 0.0993. The molecule has 0 spiro atoms. The summed E-state index contributed by atoms with van der Waals surface area (Å²) in [6.45, 7) is 3.89. The van der Waals surface area contributed by atoms with Gasteiger partial charge in [-0.25, -0.2) is 0 Å². The number of carbonyl (C=O) groups excluding carboxylic acids is 5. The standard InChI is InChI=1S/C22H23N3O8/c1-6-7-4-5-8(23)15(26)10(7)16(27)11-9(6)17(28)13-14(25(2)3)18(29)12(21(24)32)20(31)22(13,33)19(11)30/h4-5,9,11-14,17,26,28,33H,1,23H2,2-3H3,(H2,24,32)/t9-,11?,12?,13-,14+,17+,22+/m1/s1. The molecule has 2 saturated carbocycles. The first-order chi connectivity index (χ1) is 15.3. The molecule has 0 heterocycles. The zero-order valence-corrected chi connectivity index (χ0v) is 17.8. The molecule has 3 aliphatic carbocycles. The van der Waals surface area contributed by atoms with E-state index in [1.54, 1.807) is 0 Å². The number of aliphatic hydroxyl groups is 2. The van der Waals surface area contributed by atoms with Gasteiger partial charge < -0.3 is 26.8 Å². The molecule has 0 saturated heterocycles. The Kier molecular flexibility index (Phi) is 4.86. The van der Waals surface area contributed by atoms with Crippen LogP contribution in [0.4, 0.5) is 5.69 Å². The van der Waals surface area contributed by atoms with Gasteiger partial charge in [0.05, 0.1) is 35.2 Å². The van der Waals surface area contributed by atoms with Crippen molar-refractivity contribution in [1.29, 1.82) is 0 Å². The highest BCUT2D eigenvalue weighted by Crippen LogP contribution is 2.54. The number of hydrogen-bond acceptors (Lipinski definition) is 10. The maximum Gasteiger partial charge on any atom is 0.235 e. The van der Waals surface area contributed by atoms with Crippen LogP contribution in [0.2, 0.25) is 0 Å². The van der Waals surface area contributed by atoms with Crippen LogP contribution in [0.15, 0.2) is 18.7 Å². The molecule has 11 heteroatoms. The van der Waals surface area contributed by atoms with Crippen LogP contribution >= 0.6 is 0 Å². The number of aromatic hydroxyl groups is 1. The van der Waals surface area contributed by atoms with Gasteiger partial charge >= 0.3 is 0 Å². The van der Waals surface area contributed by atoms with Crippen molar-refractivity contribution in [3.8, 4) is 5.75 Å². The third kappa shape index (κ3) is 2.63. The fourth-order valence-electron chi connectivity index (χ4n) is 5.62. The van der Waals surface area contributed by atoms with Gasteiger partial charge in [0.25, 0.3) is 0 Å². The van der Waals surface area contributed by atoms with E-state index in [-0.39, 0.29) is 22.4 Å². The Labute approximate surface area is 187 Å². The fraction of sp³-hybridized carbons (Fsp3) is 0.409. The number of primary amides is 1. The van der Waals surface area contributed by atoms with Crippen molar-refractivity contribution in [3.05, 3.63) is 29.8 Å². The quantitative estimate of drug-likeness (QED) is 0.186. The highest BCUT2D eigenvalue weighted by Gasteiger charge is 2.72. The van der Waals surface area contributed by atoms with Crippen LogP contribution < -0.4 is 11.5 Å². The van der Waals surface area contributed by atoms with E-state index in [0.29, 0.717) is 0 Å². The smallest absolute Gasteiger partial charge is 0.235 e. The summed E-state index contributed by atoms with van der Waals surface area (Å²) in [6.07, 6.45) is -1.75. The summed E-state index contributed by atoms with van der Waals surface area (Å²) in [6, 6.07) is 1.30. The highest BCUT2D eigenvalue weighted by atomic mass is 16.3. The Bertz CT molecular complexity index is 1170. The number of anilines is 1. The number of fused-ring (bicyclic) bond motifs is 3. The SMILES string of the molecule is C=C1c2ccc(N)c(O)c2C(=O)C2C(=O)[C@]3(O)C(=O)C(C(N)=O)C(=O)[C@@H](N(C)C)[C@@H]3[C@@H](O)[C@H]12. The van der Waals surface area contributed by atoms with Crippen molar-refractivity contribution >= 4 is 40.3 Å². The molecular weight excluding hydrogens is 434 g/mol. The Hall–Kier alpha value is -3.41. The molecule has 0 bridgehead atoms. The number of benzene rings is 1. The summed E-state index contributed by atoms with van der Waals surface area (Å²) in [4.78, 5) is 66.4. The van der Waals surface area contributed by atoms with Crippen LogP contribution in [0, 0.1) is 23.7 Å². The second kappa shape index (κ2) is 7.04. The van der Waals surface area contributed by atoms with E-state index in [9.17, 15) is 39.3 Å². The maximum absolute atomic E-state index is 13.6. The number of nitrogens with zero attached hydrogens (tertiary/aromatic N) is 1. The molecule has 33 heavy (non-hydrogen) atoms. The Balaban J connectivity index is 1.98. The Morgan fingerprint density at radius 2 is 1.76 bits per heavy atom. The lowest BCUT2D eigenvalue weighted by atomic mass is 9.50. The topological polar surface area (TPSA) is 201 Å². The van der Waals surface area contributed by atoms with Crippen LogP contribution in [0.1, 0.15) is 15.9 Å². The molecule has 1 aromatic carbocycles. The number of phenolic OH excluding ortho intramolecular Hbond substituents is 1. The number of rotatable bonds is 2.